The van der Waals surface area contributed by atoms with Gasteiger partial charge in [0.2, 0.25) is 11.7 Å². The van der Waals surface area contributed by atoms with Gasteiger partial charge in [-0.1, -0.05) is 87.0 Å². The number of aromatic nitrogens is 1. The van der Waals surface area contributed by atoms with E-state index in [9.17, 15) is 15.0 Å². The van der Waals surface area contributed by atoms with Gasteiger partial charge in [0.15, 0.2) is 0 Å². The molecule has 2 atom stereocenters. The van der Waals surface area contributed by atoms with Crippen molar-refractivity contribution in [3.05, 3.63) is 91.4 Å². The summed E-state index contributed by atoms with van der Waals surface area (Å²) >= 11 is 6.06. The molecule has 7 rings (SSSR count). The Morgan fingerprint density at radius 1 is 0.724 bits per heavy atom. The monoisotopic (exact) mass is 857 g/mol. The van der Waals surface area contributed by atoms with E-state index in [4.69, 9.17) is 5.73 Å². The molecule has 1 amide bonds. The largest absolute Gasteiger partial charge is 0.506 e. The Bertz CT molecular complexity index is 2590. The Labute approximate surface area is 358 Å². The molecular weight excluding hydrogens is 799 g/mol. The Kier molecular flexibility index (Phi) is 12.1. The maximum atomic E-state index is 15.1. The van der Waals surface area contributed by atoms with E-state index in [0.717, 1.165) is 91.0 Å². The van der Waals surface area contributed by atoms with Crippen molar-refractivity contribution < 1.29 is 19.8 Å². The van der Waals surface area contributed by atoms with Crippen LogP contribution in [0.3, 0.4) is 0 Å². The minimum atomic E-state index is -0.547. The maximum Gasteiger partial charge on any atom is 0.261 e. The molecule has 4 N–H and O–H groups in total. The Balaban J connectivity index is 1.47. The van der Waals surface area contributed by atoms with Crippen LogP contribution >= 0.6 is 45.3 Å². The molecule has 0 aromatic carbocycles. The first kappa shape index (κ1) is 42.6. The van der Waals surface area contributed by atoms with Gasteiger partial charge in [-0.15, -0.1) is 45.3 Å². The van der Waals surface area contributed by atoms with Crippen LogP contribution in [0.15, 0.2) is 36.4 Å². The average Bonchev–Trinajstić information content (AvgIpc) is 4.03. The molecule has 6 heterocycles. The van der Waals surface area contributed by atoms with Gasteiger partial charge in [-0.2, -0.15) is 0 Å². The summed E-state index contributed by atoms with van der Waals surface area (Å²) in [5.74, 6) is 0.825. The van der Waals surface area contributed by atoms with Crippen molar-refractivity contribution >= 4 is 68.5 Å². The molecule has 7 nitrogen and oxygen atoms in total. The van der Waals surface area contributed by atoms with E-state index in [1.54, 1.807) is 22.7 Å². The second-order valence-electron chi connectivity index (χ2n) is 17.8. The number of aliphatic hydroxyl groups is 1. The van der Waals surface area contributed by atoms with Gasteiger partial charge in [-0.25, -0.2) is 0 Å². The summed E-state index contributed by atoms with van der Waals surface area (Å²) in [6, 6.07) is 12.1. The highest BCUT2D eigenvalue weighted by molar-refractivity contribution is 7.16. The minimum absolute atomic E-state index is 0.0512. The second-order valence-corrected chi connectivity index (χ2v) is 22.1. The lowest BCUT2D eigenvalue weighted by molar-refractivity contribution is 0.0829. The highest BCUT2D eigenvalue weighted by atomic mass is 32.1. The summed E-state index contributed by atoms with van der Waals surface area (Å²) in [5.41, 5.74) is 9.78. The van der Waals surface area contributed by atoms with E-state index in [1.807, 2.05) is 35.4 Å². The van der Waals surface area contributed by atoms with Crippen molar-refractivity contribution in [2.75, 3.05) is 6.54 Å². The van der Waals surface area contributed by atoms with Crippen molar-refractivity contribution in [3.63, 3.8) is 0 Å². The van der Waals surface area contributed by atoms with Crippen LogP contribution in [0.5, 0.6) is 5.88 Å². The van der Waals surface area contributed by atoms with Crippen molar-refractivity contribution in [3.8, 4) is 16.5 Å². The normalized spacial score (nSPS) is 16.9. The standard InChI is InChI=1S/C47H59N3O4S4/c1-10-14-16-26(12-3)24-49-38(31-19-18-30(55-31)33-22-28-40(51)43-29(41(52)42(28)57-33)23-35(58-43)46(5,6)7)36-37(45(49)54)39(32-20-21-34(56-32)47(8,9)48)50(44(36)53)25-27(13-4)17-15-11-2/h18-23,26-27,52-53H,10-17,24-25,48H2,1-9H3. The Morgan fingerprint density at radius 2 is 1.38 bits per heavy atom. The first-order valence-corrected chi connectivity index (χ1v) is 24.3. The van der Waals surface area contributed by atoms with Crippen LogP contribution in [-0.2, 0) is 17.5 Å². The fourth-order valence-electron chi connectivity index (χ4n) is 8.24. The maximum absolute atomic E-state index is 15.1. The number of aliphatic hydroxyl groups excluding tert-OH is 1. The number of hydrogen-bond donors (Lipinski definition) is 3. The summed E-state index contributed by atoms with van der Waals surface area (Å²) in [5, 5.41) is 24.1. The van der Waals surface area contributed by atoms with Crippen LogP contribution in [-0.4, -0.2) is 37.9 Å². The second kappa shape index (κ2) is 16.5. The van der Waals surface area contributed by atoms with E-state index < -0.39 is 5.54 Å². The summed E-state index contributed by atoms with van der Waals surface area (Å²) in [7, 11) is 0. The van der Waals surface area contributed by atoms with Crippen LogP contribution < -0.4 is 14.8 Å². The highest BCUT2D eigenvalue weighted by Crippen LogP contribution is 2.49. The van der Waals surface area contributed by atoms with Gasteiger partial charge in [0.1, 0.15) is 5.76 Å². The minimum Gasteiger partial charge on any atom is -0.506 e. The van der Waals surface area contributed by atoms with E-state index in [2.05, 4.69) is 72.7 Å². The summed E-state index contributed by atoms with van der Waals surface area (Å²) in [6.45, 7) is 20.4. The van der Waals surface area contributed by atoms with Crippen molar-refractivity contribution in [2.24, 2.45) is 17.6 Å². The topological polar surface area (TPSA) is 109 Å². The quantitative estimate of drug-likeness (QED) is 0.103. The number of nitrogens with two attached hydrogens (primary N) is 1. The number of rotatable bonds is 14. The van der Waals surface area contributed by atoms with Gasteiger partial charge in [-0.3, -0.25) is 9.59 Å². The lowest BCUT2D eigenvalue weighted by Gasteiger charge is -2.26. The molecular formula is C47H59N3O4S4. The van der Waals surface area contributed by atoms with Gasteiger partial charge < -0.3 is 25.4 Å². The molecule has 0 saturated carbocycles. The van der Waals surface area contributed by atoms with Crippen LogP contribution in [0.25, 0.3) is 22.0 Å². The van der Waals surface area contributed by atoms with E-state index in [1.165, 1.54) is 22.7 Å². The number of hydrogen-bond acceptors (Lipinski definition) is 9. The molecule has 0 bridgehead atoms. The van der Waals surface area contributed by atoms with Gasteiger partial charge in [-0.05, 0) is 80.3 Å². The number of aromatic hydroxyl groups is 1. The number of unbranched alkanes of at least 4 members (excludes halogenated alkanes) is 2. The predicted molar refractivity (Wildman–Crippen MR) is 244 cm³/mol. The molecule has 0 spiro atoms. The van der Waals surface area contributed by atoms with E-state index in [-0.39, 0.29) is 28.7 Å². The fourth-order valence-corrected chi connectivity index (χ4v) is 12.8. The zero-order valence-corrected chi connectivity index (χ0v) is 38.8. The van der Waals surface area contributed by atoms with Gasteiger partial charge >= 0.3 is 0 Å². The molecule has 2 unspecified atom stereocenters. The summed E-state index contributed by atoms with van der Waals surface area (Å²) in [6.07, 6.45) is 8.38. The third-order valence-corrected chi connectivity index (χ3v) is 17.3. The number of thiophene rings is 4. The number of carbonyl (C=O) groups is 2. The molecule has 1 aliphatic carbocycles. The first-order chi connectivity index (χ1) is 27.5. The van der Waals surface area contributed by atoms with Gasteiger partial charge in [0, 0.05) is 48.6 Å². The Hall–Kier alpha value is -3.48. The Morgan fingerprint density at radius 3 is 1.98 bits per heavy atom. The van der Waals surface area contributed by atoms with Crippen molar-refractivity contribution in [1.82, 2.24) is 9.47 Å². The third kappa shape index (κ3) is 7.70. The van der Waals surface area contributed by atoms with Gasteiger partial charge in [0.05, 0.1) is 41.3 Å². The highest BCUT2D eigenvalue weighted by Gasteiger charge is 2.43. The molecule has 310 valence electrons. The summed E-state index contributed by atoms with van der Waals surface area (Å²) in [4.78, 5) is 34.6. The van der Waals surface area contributed by atoms with E-state index in [0.29, 0.717) is 56.6 Å². The van der Waals surface area contributed by atoms with Crippen LogP contribution in [0.2, 0.25) is 0 Å². The molecule has 5 aromatic heterocycles. The SMILES string of the molecule is CCCCC(CC)CN1C(=O)c2c(c(O)n(CC(CC)CCCC)c2-c2ccc(C(C)(C)N)s2)C1=c1ccc(=c2cc3c(s2)=C(O)c2cc(C(C)(C)C)sc2C3=O)s1. The van der Waals surface area contributed by atoms with Crippen LogP contribution in [0, 0.1) is 20.9 Å². The number of ketones is 1. The first-order valence-electron chi connectivity index (χ1n) is 21.1. The zero-order chi connectivity index (χ0) is 41.8. The lowest BCUT2D eigenvalue weighted by atomic mass is 9.93. The van der Waals surface area contributed by atoms with Crippen LogP contribution in [0.4, 0.5) is 0 Å². The molecule has 11 heteroatoms. The average molecular weight is 858 g/mol. The number of fused-ring (bicyclic) bond motifs is 3. The molecule has 2 aliphatic rings. The van der Waals surface area contributed by atoms with Crippen molar-refractivity contribution in [2.45, 2.75) is 131 Å². The summed E-state index contributed by atoms with van der Waals surface area (Å²) < 4.78 is 5.34. The fraction of sp³-hybridized carbons (Fsp3) is 0.489. The zero-order valence-electron chi connectivity index (χ0n) is 35.5. The number of amides is 1. The lowest BCUT2D eigenvalue weighted by Crippen LogP contribution is -2.32. The smallest absolute Gasteiger partial charge is 0.261 e. The molecule has 0 fully saturated rings. The third-order valence-electron chi connectivity index (χ3n) is 11.9. The van der Waals surface area contributed by atoms with Crippen molar-refractivity contribution in [1.29, 1.82) is 0 Å². The molecule has 58 heavy (non-hydrogen) atoms. The van der Waals surface area contributed by atoms with E-state index >= 15 is 4.79 Å². The number of nitrogens with zero attached hydrogens (tertiary/aromatic N) is 2. The number of carbonyl (C=O) groups excluding carboxylic acids is 2. The van der Waals surface area contributed by atoms with Gasteiger partial charge in [0.25, 0.3) is 5.91 Å². The predicted octanol–water partition coefficient (Wildman–Crippen LogP) is 11.2. The molecule has 5 aromatic rings. The molecule has 0 radical (unpaired) electrons. The van der Waals surface area contributed by atoms with Crippen LogP contribution in [0.1, 0.15) is 160 Å². The molecule has 0 saturated heterocycles. The molecule has 1 aliphatic heterocycles.